The zero-order valence-electron chi connectivity index (χ0n) is 62.6. The second-order valence-electron chi connectivity index (χ2n) is 30.5. The molecule has 0 aromatic carbocycles. The van der Waals surface area contributed by atoms with Gasteiger partial charge in [-0.1, -0.05) is 115 Å². The molecule has 0 aromatic rings. The van der Waals surface area contributed by atoms with E-state index in [-0.39, 0.29) is 86.7 Å². The van der Waals surface area contributed by atoms with Gasteiger partial charge >= 0.3 is 11.9 Å². The maximum Gasteiger partial charge on any atom is 0.331 e. The van der Waals surface area contributed by atoms with Crippen LogP contribution in [0, 0.1) is 47.3 Å². The predicted octanol–water partition coefficient (Wildman–Crippen LogP) is 9.08. The van der Waals surface area contributed by atoms with Crippen LogP contribution in [0.2, 0.25) is 0 Å². The minimum atomic E-state index is -1.36. The molecule has 0 saturated carbocycles. The van der Waals surface area contributed by atoms with Crippen LogP contribution in [-0.2, 0) is 57.0 Å². The van der Waals surface area contributed by atoms with Gasteiger partial charge in [0.1, 0.15) is 12.2 Å². The number of fused-ring (bicyclic) bond motifs is 4. The Balaban J connectivity index is 1.38. The van der Waals surface area contributed by atoms with E-state index in [0.29, 0.717) is 62.5 Å². The molecular formula is C78H132O21. The van der Waals surface area contributed by atoms with Gasteiger partial charge in [-0.2, -0.15) is 0 Å². The first-order valence-electron chi connectivity index (χ1n) is 37.2. The maximum atomic E-state index is 13.9. The molecule has 31 atom stereocenters. The van der Waals surface area contributed by atoms with Crippen molar-refractivity contribution in [3.8, 4) is 0 Å². The summed E-state index contributed by atoms with van der Waals surface area (Å²) in [7, 11) is 6.52. The van der Waals surface area contributed by atoms with Crippen molar-refractivity contribution >= 4 is 11.9 Å². The predicted molar refractivity (Wildman–Crippen MR) is 379 cm³/mol. The fourth-order valence-electron chi connectivity index (χ4n) is 15.4. The normalized spacial score (nSPS) is 41.5. The fourth-order valence-corrected chi connectivity index (χ4v) is 15.4. The number of rotatable bonds is 16. The standard InChI is InChI=1S/C78H132O21/c1-44-23-28-56(79)36-57-19-17-21-59(96-57)40-71(92-15)50(7)65(80)42-68(83)53(10)78(55(12)76(89)47(4)27-30-62-38-64(91-14)35-49(6)95-62)99-74(87)32-25-45(2)33-69(84)70(85)39-58-20-18-22-60(97-58)41-72(93-16)51(8)66(81)43-67(82)52(9)77(98-73(86)31-24-44)54(11)75(88)46(3)26-29-61-37-63(90-13)34-48(5)94-61/h17-20,23-25,31-33,46-72,75-85,88-89H,21-22,26-30,34-43H2,1-16H3/b31-24+,32-25+,44-23+,45-33+/t46-,47+,48-,49+,50+,51-,52+,53+,54-,55+,56+,57-,58-,59+,60-,61+,62+,63-,64-,65-,66-,67-,68+,69+,70+,71+,72+,75-,76+,77-,78+/m0/s1. The Kier molecular flexibility index (Phi) is 37.7. The van der Waals surface area contributed by atoms with Crippen molar-refractivity contribution in [2.75, 3.05) is 28.4 Å². The van der Waals surface area contributed by atoms with Crippen molar-refractivity contribution in [2.45, 2.75) is 333 Å². The molecule has 5 heterocycles. The molecule has 99 heavy (non-hydrogen) atoms. The number of allylic oxidation sites excluding steroid dienone is 4. The topological polar surface area (TPSA) is 309 Å². The van der Waals surface area contributed by atoms with Gasteiger partial charge in [0.05, 0.1) is 128 Å². The molecule has 0 radical (unpaired) electrons. The first kappa shape index (κ1) is 86.3. The van der Waals surface area contributed by atoms with Crippen LogP contribution < -0.4 is 0 Å². The Labute approximate surface area is 592 Å². The molecular weight excluding hydrogens is 1270 g/mol. The van der Waals surface area contributed by atoms with Crippen LogP contribution in [0.3, 0.4) is 0 Å². The average Bonchev–Trinajstić information content (AvgIpc) is 0.895. The molecule has 0 aromatic heterocycles. The summed E-state index contributed by atoms with van der Waals surface area (Å²) in [4.78, 5) is 27.8. The molecule has 5 rings (SSSR count). The third-order valence-corrected chi connectivity index (χ3v) is 22.3. The lowest BCUT2D eigenvalue weighted by Gasteiger charge is -2.38. The van der Waals surface area contributed by atoms with Crippen LogP contribution in [0.15, 0.2) is 71.9 Å². The molecule has 5 aliphatic rings. The van der Waals surface area contributed by atoms with E-state index in [4.69, 9.17) is 47.4 Å². The van der Waals surface area contributed by atoms with Crippen LogP contribution >= 0.6 is 0 Å². The molecule has 21 nitrogen and oxygen atoms in total. The third kappa shape index (κ3) is 28.3. The second kappa shape index (κ2) is 43.2. The number of carbonyl (C=O) groups is 2. The molecule has 0 aliphatic carbocycles. The summed E-state index contributed by atoms with van der Waals surface area (Å²) in [5.41, 5.74) is 1.12. The molecule has 4 bridgehead atoms. The molecule has 0 amide bonds. The molecule has 570 valence electrons. The lowest BCUT2D eigenvalue weighted by atomic mass is 9.78. The summed E-state index contributed by atoms with van der Waals surface area (Å²) < 4.78 is 61.2. The van der Waals surface area contributed by atoms with Crippen LogP contribution in [0.5, 0.6) is 0 Å². The van der Waals surface area contributed by atoms with Gasteiger partial charge in [0.2, 0.25) is 0 Å². The zero-order chi connectivity index (χ0) is 73.4. The first-order valence-corrected chi connectivity index (χ1v) is 37.2. The van der Waals surface area contributed by atoms with Gasteiger partial charge in [-0.15, -0.1) is 0 Å². The van der Waals surface area contributed by atoms with Crippen LogP contribution in [0.1, 0.15) is 192 Å². The number of aliphatic hydroxyl groups is 9. The highest BCUT2D eigenvalue weighted by molar-refractivity contribution is 5.83. The zero-order valence-corrected chi connectivity index (χ0v) is 62.6. The van der Waals surface area contributed by atoms with E-state index in [9.17, 15) is 55.5 Å². The minimum Gasteiger partial charge on any atom is -0.458 e. The lowest BCUT2D eigenvalue weighted by Crippen LogP contribution is -2.45. The average molecular weight is 1410 g/mol. The van der Waals surface area contributed by atoms with Crippen LogP contribution in [-0.4, -0.2) is 227 Å². The summed E-state index contributed by atoms with van der Waals surface area (Å²) in [6.45, 7) is 22.2. The minimum absolute atomic E-state index is 0.0219. The SMILES string of the molecule is CO[C@@H]1C[C@@H](CC[C@@H](C)[C@@H](O)[C@@H](C)[C@@H]2OC(=O)/C=C/C(C)=C/[C@@H](O)[C@H](O)C[C@@H]3C=CC[C@@H](C[C@@H](OC)[C@@H](C)[C@@H](O)C[C@H](O)[C@@H](C)[C@@H]([C@@H](C)[C@@H](O)[C@@H](C)CC[C@@H]4C[C@@H](OC)C[C@H](C)O4)OC(=O)/C=C/C(C)=C/C[C@@H](O)C[C@@H]4C=CC[C@H](C[C@@H](OC)[C@H](C)[C@@H](O)C[C@@H](O)[C@H]2C)O4)O3)O[C@H](C)C1. The van der Waals surface area contributed by atoms with Crippen molar-refractivity contribution in [3.05, 3.63) is 71.9 Å². The number of carbonyl (C=O) groups excluding carboxylic acids is 2. The quantitative estimate of drug-likeness (QED) is 0.0514. The maximum absolute atomic E-state index is 13.9. The van der Waals surface area contributed by atoms with Crippen molar-refractivity contribution in [1.82, 2.24) is 0 Å². The number of esters is 2. The Morgan fingerprint density at radius 3 is 1.28 bits per heavy atom. The molecule has 21 heteroatoms. The molecule has 5 aliphatic heterocycles. The lowest BCUT2D eigenvalue weighted by molar-refractivity contribution is -0.158. The number of hydrogen-bond donors (Lipinski definition) is 9. The summed E-state index contributed by atoms with van der Waals surface area (Å²) >= 11 is 0. The van der Waals surface area contributed by atoms with Gasteiger partial charge in [-0.25, -0.2) is 9.59 Å². The monoisotopic (exact) mass is 1400 g/mol. The van der Waals surface area contributed by atoms with E-state index in [1.807, 2.05) is 78.8 Å². The van der Waals surface area contributed by atoms with Gasteiger partial charge in [0, 0.05) is 102 Å². The third-order valence-electron chi connectivity index (χ3n) is 22.3. The van der Waals surface area contributed by atoms with Gasteiger partial charge in [0.15, 0.2) is 0 Å². The number of hydrogen-bond acceptors (Lipinski definition) is 21. The van der Waals surface area contributed by atoms with E-state index in [2.05, 4.69) is 0 Å². The highest BCUT2D eigenvalue weighted by Gasteiger charge is 2.43. The van der Waals surface area contributed by atoms with Gasteiger partial charge in [0.25, 0.3) is 0 Å². The molecule has 9 N–H and O–H groups in total. The summed E-state index contributed by atoms with van der Waals surface area (Å²) in [6, 6.07) is 0. The highest BCUT2D eigenvalue weighted by Crippen LogP contribution is 2.37. The molecule has 0 unspecified atom stereocenters. The van der Waals surface area contributed by atoms with Gasteiger partial charge < -0.3 is 93.3 Å². The van der Waals surface area contributed by atoms with Crippen LogP contribution in [0.4, 0.5) is 0 Å². The van der Waals surface area contributed by atoms with Crippen molar-refractivity contribution in [1.29, 1.82) is 0 Å². The number of aliphatic hydroxyl groups excluding tert-OH is 9. The van der Waals surface area contributed by atoms with Crippen molar-refractivity contribution in [3.63, 3.8) is 0 Å². The molecule has 2 fully saturated rings. The summed E-state index contributed by atoms with van der Waals surface area (Å²) in [5, 5.41) is 106. The van der Waals surface area contributed by atoms with E-state index in [1.54, 1.807) is 69.1 Å². The number of ether oxygens (including phenoxy) is 10. The Morgan fingerprint density at radius 1 is 0.465 bits per heavy atom. The second-order valence-corrected chi connectivity index (χ2v) is 30.5. The van der Waals surface area contributed by atoms with E-state index < -0.39 is 145 Å². The smallest absolute Gasteiger partial charge is 0.331 e. The van der Waals surface area contributed by atoms with E-state index in [0.717, 1.165) is 25.7 Å². The van der Waals surface area contributed by atoms with Crippen molar-refractivity contribution in [2.24, 2.45) is 47.3 Å². The Bertz CT molecular complexity index is 2520. The fraction of sp³-hybridized carbons (Fsp3) is 0.821. The molecule has 0 spiro atoms. The highest BCUT2D eigenvalue weighted by atomic mass is 16.6. The van der Waals surface area contributed by atoms with Gasteiger partial charge in [-0.3, -0.25) is 0 Å². The first-order chi connectivity index (χ1) is 46.8. The van der Waals surface area contributed by atoms with E-state index in [1.165, 1.54) is 24.3 Å². The number of cyclic esters (lactones) is 2. The van der Waals surface area contributed by atoms with E-state index >= 15 is 0 Å². The number of methoxy groups -OCH3 is 4. The Hall–Kier alpha value is -3.30. The van der Waals surface area contributed by atoms with Crippen molar-refractivity contribution < 1.29 is 103 Å². The van der Waals surface area contributed by atoms with Gasteiger partial charge in [-0.05, 0) is 123 Å². The van der Waals surface area contributed by atoms with Crippen LogP contribution in [0.25, 0.3) is 0 Å². The Morgan fingerprint density at radius 2 is 0.869 bits per heavy atom. The summed E-state index contributed by atoms with van der Waals surface area (Å²) in [6.07, 6.45) is 9.79. The largest absolute Gasteiger partial charge is 0.458 e. The molecule has 2 saturated heterocycles. The summed E-state index contributed by atoms with van der Waals surface area (Å²) in [5.74, 6) is -5.84.